The Balaban J connectivity index is 2.85. The van der Waals surface area contributed by atoms with Gasteiger partial charge < -0.3 is 0 Å². The second-order valence-corrected chi connectivity index (χ2v) is 5.60. The van der Waals surface area contributed by atoms with E-state index in [0.717, 1.165) is 0 Å². The van der Waals surface area contributed by atoms with Crippen LogP contribution in [0.15, 0.2) is 18.5 Å². The van der Waals surface area contributed by atoms with Crippen molar-refractivity contribution in [1.29, 1.82) is 0 Å². The zero-order valence-electron chi connectivity index (χ0n) is 8.45. The van der Waals surface area contributed by atoms with Crippen molar-refractivity contribution in [2.24, 2.45) is 0 Å². The molecule has 0 aliphatic rings. The first-order chi connectivity index (χ1) is 8.45. The number of rotatable bonds is 1. The average Bonchev–Trinajstić information content (AvgIpc) is 2.36. The maximum absolute atomic E-state index is 6.14. The first-order valence-corrected chi connectivity index (χ1v) is 6.83. The van der Waals surface area contributed by atoms with Gasteiger partial charge in [-0.3, -0.25) is 4.98 Å². The minimum absolute atomic E-state index is 0.113. The first kappa shape index (κ1) is 14.5. The lowest BCUT2D eigenvalue weighted by molar-refractivity contribution is 1.33. The van der Waals surface area contributed by atoms with Crippen LogP contribution >= 0.6 is 69.6 Å². The van der Waals surface area contributed by atoms with Crippen molar-refractivity contribution in [3.63, 3.8) is 0 Å². The standard InChI is InChI=1S/C11H3Cl6N/c12-5-3-18-2-1-4(5)6-7(13)9(15)11(17)10(16)8(6)14/h1-3H. The summed E-state index contributed by atoms with van der Waals surface area (Å²) < 4.78 is 0. The Morgan fingerprint density at radius 3 is 1.72 bits per heavy atom. The summed E-state index contributed by atoms with van der Waals surface area (Å²) in [7, 11) is 0. The highest BCUT2D eigenvalue weighted by atomic mass is 35.5. The van der Waals surface area contributed by atoms with E-state index >= 15 is 0 Å². The van der Waals surface area contributed by atoms with Crippen LogP contribution in [0.2, 0.25) is 30.1 Å². The quantitative estimate of drug-likeness (QED) is 0.408. The molecule has 1 nitrogen and oxygen atoms in total. The Morgan fingerprint density at radius 1 is 0.722 bits per heavy atom. The molecular weight excluding hydrogens is 359 g/mol. The molecule has 0 atom stereocenters. The van der Waals surface area contributed by atoms with Crippen LogP contribution in [-0.4, -0.2) is 4.98 Å². The third-order valence-corrected chi connectivity index (χ3v) is 4.83. The van der Waals surface area contributed by atoms with Crippen molar-refractivity contribution < 1.29 is 0 Å². The van der Waals surface area contributed by atoms with E-state index < -0.39 is 0 Å². The summed E-state index contributed by atoms with van der Waals surface area (Å²) in [6, 6.07) is 1.66. The number of nitrogens with zero attached hydrogens (tertiary/aromatic N) is 1. The van der Waals surface area contributed by atoms with Gasteiger partial charge in [-0.1, -0.05) is 69.6 Å². The van der Waals surface area contributed by atoms with Crippen molar-refractivity contribution in [2.45, 2.75) is 0 Å². The summed E-state index contributed by atoms with van der Waals surface area (Å²) in [4.78, 5) is 3.88. The van der Waals surface area contributed by atoms with Crippen LogP contribution in [0.5, 0.6) is 0 Å². The molecule has 1 aromatic heterocycles. The van der Waals surface area contributed by atoms with Gasteiger partial charge in [0.25, 0.3) is 0 Å². The zero-order chi connectivity index (χ0) is 13.4. The molecule has 0 N–H and O–H groups in total. The van der Waals surface area contributed by atoms with Crippen LogP contribution in [0.1, 0.15) is 0 Å². The Bertz CT molecular complexity index is 596. The van der Waals surface area contributed by atoms with Gasteiger partial charge in [0.2, 0.25) is 0 Å². The number of hydrogen-bond acceptors (Lipinski definition) is 1. The molecule has 0 aliphatic heterocycles. The lowest BCUT2D eigenvalue weighted by atomic mass is 10.1. The Kier molecular flexibility index (Phi) is 4.53. The fourth-order valence-electron chi connectivity index (χ4n) is 1.42. The molecule has 0 unspecified atom stereocenters. The molecule has 0 amide bonds. The number of benzene rings is 1. The smallest absolute Gasteiger partial charge is 0.0809 e. The molecule has 7 heteroatoms. The molecule has 0 saturated carbocycles. The van der Waals surface area contributed by atoms with Crippen molar-refractivity contribution in [3.8, 4) is 11.1 Å². The van der Waals surface area contributed by atoms with E-state index in [1.807, 2.05) is 0 Å². The molecule has 0 spiro atoms. The zero-order valence-corrected chi connectivity index (χ0v) is 13.0. The van der Waals surface area contributed by atoms with Crippen molar-refractivity contribution >= 4 is 69.6 Å². The highest BCUT2D eigenvalue weighted by molar-refractivity contribution is 6.56. The fourth-order valence-corrected chi connectivity index (χ4v) is 2.98. The SMILES string of the molecule is Clc1cnccc1-c1c(Cl)c(Cl)c(Cl)c(Cl)c1Cl. The Morgan fingerprint density at radius 2 is 1.22 bits per heavy atom. The third kappa shape index (κ3) is 2.40. The number of aromatic nitrogens is 1. The summed E-state index contributed by atoms with van der Waals surface area (Å²) in [6.45, 7) is 0. The number of pyridine rings is 1. The van der Waals surface area contributed by atoms with E-state index in [0.29, 0.717) is 16.1 Å². The summed E-state index contributed by atoms with van der Waals surface area (Å²) in [5.41, 5.74) is 1.02. The van der Waals surface area contributed by atoms with Gasteiger partial charge in [-0.15, -0.1) is 0 Å². The molecule has 1 heterocycles. The van der Waals surface area contributed by atoms with Gasteiger partial charge in [0.15, 0.2) is 0 Å². The number of hydrogen-bond donors (Lipinski definition) is 0. The average molecular weight is 362 g/mol. The molecule has 2 rings (SSSR count). The summed E-state index contributed by atoms with van der Waals surface area (Å²) in [5.74, 6) is 0. The maximum atomic E-state index is 6.14. The fraction of sp³-hybridized carbons (Fsp3) is 0. The van der Waals surface area contributed by atoms with Gasteiger partial charge in [-0.25, -0.2) is 0 Å². The molecule has 0 saturated heterocycles. The van der Waals surface area contributed by atoms with Crippen LogP contribution in [0.4, 0.5) is 0 Å². The van der Waals surface area contributed by atoms with Crippen LogP contribution in [0.3, 0.4) is 0 Å². The van der Waals surface area contributed by atoms with Crippen LogP contribution in [-0.2, 0) is 0 Å². The Hall–Kier alpha value is 0.110. The lowest BCUT2D eigenvalue weighted by Gasteiger charge is -2.13. The van der Waals surface area contributed by atoms with E-state index in [-0.39, 0.29) is 25.1 Å². The highest BCUT2D eigenvalue weighted by Gasteiger charge is 2.21. The van der Waals surface area contributed by atoms with Gasteiger partial charge in [0, 0.05) is 23.5 Å². The minimum Gasteiger partial charge on any atom is -0.263 e. The number of halogens is 6. The normalized spacial score (nSPS) is 10.8. The summed E-state index contributed by atoms with van der Waals surface area (Å²) in [5, 5.41) is 1.16. The second-order valence-electron chi connectivity index (χ2n) is 3.30. The molecular formula is C11H3Cl6N. The predicted molar refractivity (Wildman–Crippen MR) is 79.7 cm³/mol. The van der Waals surface area contributed by atoms with Crippen LogP contribution < -0.4 is 0 Å². The van der Waals surface area contributed by atoms with Gasteiger partial charge >= 0.3 is 0 Å². The van der Waals surface area contributed by atoms with Crippen LogP contribution in [0, 0.1) is 0 Å². The maximum Gasteiger partial charge on any atom is 0.0809 e. The monoisotopic (exact) mass is 359 g/mol. The van der Waals surface area contributed by atoms with Gasteiger partial charge in [0.1, 0.15) is 0 Å². The molecule has 0 radical (unpaired) electrons. The minimum atomic E-state index is 0.113. The molecule has 0 bridgehead atoms. The van der Waals surface area contributed by atoms with Crippen LogP contribution in [0.25, 0.3) is 11.1 Å². The second kappa shape index (κ2) is 5.62. The molecule has 18 heavy (non-hydrogen) atoms. The van der Waals surface area contributed by atoms with E-state index in [9.17, 15) is 0 Å². The van der Waals surface area contributed by atoms with Crippen molar-refractivity contribution in [2.75, 3.05) is 0 Å². The lowest BCUT2D eigenvalue weighted by Crippen LogP contribution is -1.88. The summed E-state index contributed by atoms with van der Waals surface area (Å²) in [6.07, 6.45) is 3.03. The molecule has 2 aromatic rings. The van der Waals surface area contributed by atoms with Crippen molar-refractivity contribution in [3.05, 3.63) is 48.6 Å². The van der Waals surface area contributed by atoms with Gasteiger partial charge in [-0.2, -0.15) is 0 Å². The van der Waals surface area contributed by atoms with Gasteiger partial charge in [0.05, 0.1) is 30.1 Å². The predicted octanol–water partition coefficient (Wildman–Crippen LogP) is 6.67. The highest BCUT2D eigenvalue weighted by Crippen LogP contribution is 2.49. The van der Waals surface area contributed by atoms with E-state index in [4.69, 9.17) is 69.6 Å². The van der Waals surface area contributed by atoms with E-state index in [2.05, 4.69) is 4.98 Å². The molecule has 0 fully saturated rings. The van der Waals surface area contributed by atoms with Gasteiger partial charge in [-0.05, 0) is 6.07 Å². The molecule has 0 aliphatic carbocycles. The Labute approximate surface area is 134 Å². The van der Waals surface area contributed by atoms with Crippen molar-refractivity contribution in [1.82, 2.24) is 4.98 Å². The summed E-state index contributed by atoms with van der Waals surface area (Å²) >= 11 is 36.2. The molecule has 94 valence electrons. The van der Waals surface area contributed by atoms with E-state index in [1.54, 1.807) is 12.3 Å². The third-order valence-electron chi connectivity index (χ3n) is 2.25. The molecule has 1 aromatic carbocycles. The topological polar surface area (TPSA) is 12.9 Å². The van der Waals surface area contributed by atoms with E-state index in [1.165, 1.54) is 6.20 Å². The largest absolute Gasteiger partial charge is 0.263 e. The first-order valence-electron chi connectivity index (χ1n) is 4.56.